The molecule has 2 unspecified atom stereocenters. The van der Waals surface area contributed by atoms with Gasteiger partial charge >= 0.3 is 0 Å². The van der Waals surface area contributed by atoms with Crippen LogP contribution in [0.5, 0.6) is 0 Å². The van der Waals surface area contributed by atoms with Crippen LogP contribution in [0, 0.1) is 11.8 Å². The summed E-state index contributed by atoms with van der Waals surface area (Å²) in [6.45, 7) is 1.23. The Morgan fingerprint density at radius 1 is 1.05 bits per heavy atom. The van der Waals surface area contributed by atoms with Crippen molar-refractivity contribution >= 4 is 16.7 Å². The van der Waals surface area contributed by atoms with E-state index in [-0.39, 0.29) is 0 Å². The summed E-state index contributed by atoms with van der Waals surface area (Å²) in [6, 6.07) is 12.3. The molecule has 1 aromatic carbocycles. The molecular weight excluding hydrogens is 248 g/mol. The van der Waals surface area contributed by atoms with E-state index in [1.54, 1.807) is 0 Å². The number of aromatic nitrogens is 1. The maximum Gasteiger partial charge on any atom is 0.126 e. The molecule has 3 nitrogen and oxygen atoms in total. The van der Waals surface area contributed by atoms with Crippen LogP contribution in [0.1, 0.15) is 25.7 Å². The number of rotatable bonds is 4. The molecule has 2 atom stereocenters. The van der Waals surface area contributed by atoms with Crippen molar-refractivity contribution in [2.45, 2.75) is 25.7 Å². The van der Waals surface area contributed by atoms with Crippen LogP contribution in [0.25, 0.3) is 10.9 Å². The Labute approximate surface area is 120 Å². The van der Waals surface area contributed by atoms with E-state index < -0.39 is 0 Å². The Morgan fingerprint density at radius 3 is 2.70 bits per heavy atom. The molecule has 2 aromatic rings. The number of aliphatic hydroxyl groups is 1. The van der Waals surface area contributed by atoms with Crippen LogP contribution >= 0.6 is 0 Å². The molecule has 0 bridgehead atoms. The molecule has 106 valence electrons. The lowest BCUT2D eigenvalue weighted by Crippen LogP contribution is -2.28. The van der Waals surface area contributed by atoms with Crippen molar-refractivity contribution in [1.82, 2.24) is 4.98 Å². The van der Waals surface area contributed by atoms with Gasteiger partial charge in [0.05, 0.1) is 5.52 Å². The minimum atomic E-state index is 0.317. The summed E-state index contributed by atoms with van der Waals surface area (Å²) in [6.07, 6.45) is 4.92. The highest BCUT2D eigenvalue weighted by Gasteiger charge is 2.24. The van der Waals surface area contributed by atoms with Gasteiger partial charge in [-0.25, -0.2) is 4.98 Å². The van der Waals surface area contributed by atoms with E-state index in [0.29, 0.717) is 18.4 Å². The fourth-order valence-electron chi connectivity index (χ4n) is 3.19. The van der Waals surface area contributed by atoms with Gasteiger partial charge in [0.15, 0.2) is 0 Å². The predicted octanol–water partition coefficient (Wildman–Crippen LogP) is 3.45. The number of nitrogens with zero attached hydrogens (tertiary/aromatic N) is 1. The zero-order valence-corrected chi connectivity index (χ0v) is 11.8. The summed E-state index contributed by atoms with van der Waals surface area (Å²) in [4.78, 5) is 4.64. The number of para-hydroxylation sites is 1. The monoisotopic (exact) mass is 270 g/mol. The maximum atomic E-state index is 9.46. The second kappa shape index (κ2) is 6.23. The highest BCUT2D eigenvalue weighted by Crippen LogP contribution is 2.29. The molecule has 0 saturated heterocycles. The molecule has 3 heteroatoms. The SMILES string of the molecule is OCC1CCCCC1CNc1ccc2ccccc2n1. The van der Waals surface area contributed by atoms with Gasteiger partial charge in [-0.05, 0) is 42.9 Å². The van der Waals surface area contributed by atoms with Gasteiger partial charge in [0.25, 0.3) is 0 Å². The van der Waals surface area contributed by atoms with Crippen molar-refractivity contribution in [3.05, 3.63) is 36.4 Å². The Kier molecular flexibility index (Phi) is 4.16. The maximum absolute atomic E-state index is 9.46. The van der Waals surface area contributed by atoms with Crippen LogP contribution in [0.4, 0.5) is 5.82 Å². The lowest BCUT2D eigenvalue weighted by atomic mass is 9.79. The van der Waals surface area contributed by atoms with Crippen molar-refractivity contribution < 1.29 is 5.11 Å². The molecule has 1 fully saturated rings. The second-order valence-corrected chi connectivity index (χ2v) is 5.76. The van der Waals surface area contributed by atoms with E-state index in [2.05, 4.69) is 22.4 Å². The summed E-state index contributed by atoms with van der Waals surface area (Å²) in [7, 11) is 0. The molecule has 1 heterocycles. The Bertz CT molecular complexity index is 570. The smallest absolute Gasteiger partial charge is 0.126 e. The van der Waals surface area contributed by atoms with Gasteiger partial charge in [0.2, 0.25) is 0 Å². The molecule has 20 heavy (non-hydrogen) atoms. The van der Waals surface area contributed by atoms with Gasteiger partial charge in [0, 0.05) is 18.5 Å². The molecule has 1 aliphatic rings. The lowest BCUT2D eigenvalue weighted by molar-refractivity contribution is 0.141. The number of hydrogen-bond donors (Lipinski definition) is 2. The van der Waals surface area contributed by atoms with Gasteiger partial charge in [-0.2, -0.15) is 0 Å². The topological polar surface area (TPSA) is 45.1 Å². The van der Waals surface area contributed by atoms with E-state index in [1.165, 1.54) is 24.6 Å². The van der Waals surface area contributed by atoms with Crippen molar-refractivity contribution in [2.24, 2.45) is 11.8 Å². The summed E-state index contributed by atoms with van der Waals surface area (Å²) in [5.74, 6) is 1.96. The fourth-order valence-corrected chi connectivity index (χ4v) is 3.19. The molecule has 0 amide bonds. The summed E-state index contributed by atoms with van der Waals surface area (Å²) < 4.78 is 0. The minimum Gasteiger partial charge on any atom is -0.396 e. The third-order valence-electron chi connectivity index (χ3n) is 4.44. The van der Waals surface area contributed by atoms with Crippen LogP contribution < -0.4 is 5.32 Å². The lowest BCUT2D eigenvalue weighted by Gasteiger charge is -2.30. The second-order valence-electron chi connectivity index (χ2n) is 5.76. The average Bonchev–Trinajstić information content (AvgIpc) is 2.53. The van der Waals surface area contributed by atoms with Gasteiger partial charge in [-0.1, -0.05) is 31.0 Å². The van der Waals surface area contributed by atoms with Crippen molar-refractivity contribution in [2.75, 3.05) is 18.5 Å². The minimum absolute atomic E-state index is 0.317. The molecule has 1 aliphatic carbocycles. The van der Waals surface area contributed by atoms with Gasteiger partial charge < -0.3 is 10.4 Å². The average molecular weight is 270 g/mol. The normalized spacial score (nSPS) is 22.9. The van der Waals surface area contributed by atoms with E-state index in [9.17, 15) is 5.11 Å². The standard InChI is InChI=1S/C17H22N2O/c20-12-15-7-2-1-6-14(15)11-18-17-10-9-13-5-3-4-8-16(13)19-17/h3-5,8-10,14-15,20H,1-2,6-7,11-12H2,(H,18,19). The van der Waals surface area contributed by atoms with Gasteiger partial charge in [-0.15, -0.1) is 0 Å². The Balaban J connectivity index is 1.67. The highest BCUT2D eigenvalue weighted by atomic mass is 16.3. The van der Waals surface area contributed by atoms with E-state index >= 15 is 0 Å². The molecule has 0 aliphatic heterocycles. The van der Waals surface area contributed by atoms with Gasteiger partial charge in [-0.3, -0.25) is 0 Å². The van der Waals surface area contributed by atoms with Crippen molar-refractivity contribution in [3.8, 4) is 0 Å². The van der Waals surface area contributed by atoms with Crippen molar-refractivity contribution in [3.63, 3.8) is 0 Å². The predicted molar refractivity (Wildman–Crippen MR) is 82.8 cm³/mol. The number of nitrogens with one attached hydrogen (secondary N) is 1. The fraction of sp³-hybridized carbons (Fsp3) is 0.471. The first-order valence-corrected chi connectivity index (χ1v) is 7.57. The zero-order chi connectivity index (χ0) is 13.8. The molecule has 1 saturated carbocycles. The first kappa shape index (κ1) is 13.4. The summed E-state index contributed by atoms with van der Waals surface area (Å²) in [5, 5.41) is 14.1. The zero-order valence-electron chi connectivity index (χ0n) is 11.8. The van der Waals surface area contributed by atoms with Crippen LogP contribution in [0.15, 0.2) is 36.4 Å². The van der Waals surface area contributed by atoms with E-state index in [1.807, 2.05) is 24.3 Å². The van der Waals surface area contributed by atoms with Crippen LogP contribution in [0.3, 0.4) is 0 Å². The van der Waals surface area contributed by atoms with E-state index in [0.717, 1.165) is 24.3 Å². The number of aliphatic hydroxyl groups excluding tert-OH is 1. The largest absolute Gasteiger partial charge is 0.396 e. The first-order valence-electron chi connectivity index (χ1n) is 7.57. The number of benzene rings is 1. The molecule has 2 N–H and O–H groups in total. The summed E-state index contributed by atoms with van der Waals surface area (Å²) in [5.41, 5.74) is 1.03. The molecular formula is C17H22N2O. The molecule has 0 radical (unpaired) electrons. The number of pyridine rings is 1. The van der Waals surface area contributed by atoms with Crippen LogP contribution in [-0.2, 0) is 0 Å². The Morgan fingerprint density at radius 2 is 1.85 bits per heavy atom. The number of anilines is 1. The number of fused-ring (bicyclic) bond motifs is 1. The van der Waals surface area contributed by atoms with Gasteiger partial charge in [0.1, 0.15) is 5.82 Å². The highest BCUT2D eigenvalue weighted by molar-refractivity contribution is 5.79. The van der Waals surface area contributed by atoms with Crippen molar-refractivity contribution in [1.29, 1.82) is 0 Å². The quantitative estimate of drug-likeness (QED) is 0.894. The first-order chi connectivity index (χ1) is 9.86. The van der Waals surface area contributed by atoms with Crippen LogP contribution in [0.2, 0.25) is 0 Å². The summed E-state index contributed by atoms with van der Waals surface area (Å²) >= 11 is 0. The third kappa shape index (κ3) is 2.93. The molecule has 3 rings (SSSR count). The van der Waals surface area contributed by atoms with E-state index in [4.69, 9.17) is 0 Å². The number of hydrogen-bond acceptors (Lipinski definition) is 3. The molecule has 1 aromatic heterocycles. The van der Waals surface area contributed by atoms with Crippen LogP contribution in [-0.4, -0.2) is 23.2 Å². The Hall–Kier alpha value is -1.61. The molecule has 0 spiro atoms. The third-order valence-corrected chi connectivity index (χ3v) is 4.44.